The van der Waals surface area contributed by atoms with Gasteiger partial charge in [0.1, 0.15) is 0 Å². The minimum absolute atomic E-state index is 0.0450. The number of nitrogens with one attached hydrogen (secondary N) is 1. The molecule has 1 amide bonds. The molecule has 8 heteroatoms. The number of amides is 1. The van der Waals surface area contributed by atoms with E-state index in [-0.39, 0.29) is 17.0 Å². The van der Waals surface area contributed by atoms with Crippen LogP contribution in [0.1, 0.15) is 54.6 Å². The van der Waals surface area contributed by atoms with Crippen molar-refractivity contribution in [2.24, 2.45) is 11.8 Å². The summed E-state index contributed by atoms with van der Waals surface area (Å²) in [6.45, 7) is 1.92. The molecule has 0 aliphatic heterocycles. The Bertz CT molecular complexity index is 1150. The Balaban J connectivity index is 1.38. The van der Waals surface area contributed by atoms with Gasteiger partial charge in [0, 0.05) is 21.6 Å². The van der Waals surface area contributed by atoms with Crippen molar-refractivity contribution >= 4 is 28.4 Å². The van der Waals surface area contributed by atoms with Gasteiger partial charge in [0.15, 0.2) is 6.33 Å². The molecule has 4 aliphatic rings. The fourth-order valence-electron chi connectivity index (χ4n) is 6.81. The van der Waals surface area contributed by atoms with Crippen LogP contribution in [0.4, 0.5) is 0 Å². The number of tetrazole rings is 1. The van der Waals surface area contributed by atoms with Gasteiger partial charge < -0.3 is 5.32 Å². The van der Waals surface area contributed by atoms with Gasteiger partial charge in [0.25, 0.3) is 5.91 Å². The minimum Gasteiger partial charge on any atom is -0.346 e. The first kappa shape index (κ1) is 18.2. The number of carbonyl (C=O) groups excluding carboxylic acids is 1. The van der Waals surface area contributed by atoms with E-state index < -0.39 is 0 Å². The van der Waals surface area contributed by atoms with Crippen LogP contribution in [-0.2, 0) is 5.54 Å². The van der Waals surface area contributed by atoms with Gasteiger partial charge in [-0.3, -0.25) is 9.78 Å². The third-order valence-corrected chi connectivity index (χ3v) is 7.56. The fraction of sp³-hybridized carbons (Fsp3) is 0.500. The number of rotatable bonds is 3. The third-order valence-electron chi connectivity index (χ3n) is 7.33. The van der Waals surface area contributed by atoms with Crippen molar-refractivity contribution in [3.05, 3.63) is 46.9 Å². The molecule has 4 saturated carbocycles. The number of carbonyl (C=O) groups is 1. The number of nitrogens with zero attached hydrogens (tertiary/aromatic N) is 5. The van der Waals surface area contributed by atoms with E-state index in [0.29, 0.717) is 22.4 Å². The van der Waals surface area contributed by atoms with Crippen LogP contribution >= 0.6 is 11.6 Å². The van der Waals surface area contributed by atoms with E-state index in [1.54, 1.807) is 0 Å². The Hall–Kier alpha value is -2.54. The van der Waals surface area contributed by atoms with E-state index in [0.717, 1.165) is 48.7 Å². The predicted octanol–water partition coefficient (Wildman–Crippen LogP) is 3.66. The molecule has 1 aromatic carbocycles. The third kappa shape index (κ3) is 2.75. The Kier molecular flexibility index (Phi) is 3.79. The first-order valence-corrected chi connectivity index (χ1v) is 10.9. The molecule has 0 radical (unpaired) electrons. The molecule has 4 aliphatic carbocycles. The monoisotopic (exact) mass is 422 g/mol. The lowest BCUT2D eigenvalue weighted by atomic mass is 9.50. The highest BCUT2D eigenvalue weighted by Crippen LogP contribution is 2.60. The van der Waals surface area contributed by atoms with Gasteiger partial charge in [-0.05, 0) is 86.8 Å². The molecule has 0 saturated heterocycles. The van der Waals surface area contributed by atoms with Gasteiger partial charge in [0.2, 0.25) is 0 Å². The Morgan fingerprint density at radius 2 is 2.00 bits per heavy atom. The quantitative estimate of drug-likeness (QED) is 0.696. The molecular weight excluding hydrogens is 400 g/mol. The van der Waals surface area contributed by atoms with E-state index in [2.05, 4.69) is 25.7 Å². The van der Waals surface area contributed by atoms with Gasteiger partial charge >= 0.3 is 0 Å². The van der Waals surface area contributed by atoms with Gasteiger partial charge in [0.05, 0.1) is 16.6 Å². The Morgan fingerprint density at radius 3 is 2.73 bits per heavy atom. The minimum atomic E-state index is -0.225. The fourth-order valence-corrected chi connectivity index (χ4v) is 6.98. The van der Waals surface area contributed by atoms with Crippen molar-refractivity contribution in [3.8, 4) is 0 Å². The average molecular weight is 423 g/mol. The van der Waals surface area contributed by atoms with Gasteiger partial charge in [-0.25, -0.2) is 0 Å². The van der Waals surface area contributed by atoms with Crippen molar-refractivity contribution in [2.45, 2.75) is 56.5 Å². The standard InChI is InChI=1S/C22H23ClN6O/c1-13-4-18(17-6-16(23)2-3-19(17)26-13)20(30)27-21-7-14-5-15(8-21)10-22(9-14,11-21)29-25-12-24-28-29/h2-4,6,12,14-15H,5,7-11H2,1H3,(H,27,30). The summed E-state index contributed by atoms with van der Waals surface area (Å²) in [5.41, 5.74) is 1.90. The van der Waals surface area contributed by atoms with Crippen LogP contribution in [0, 0.1) is 18.8 Å². The van der Waals surface area contributed by atoms with E-state index in [1.165, 1.54) is 12.7 Å². The molecule has 2 aromatic heterocycles. The molecule has 2 heterocycles. The van der Waals surface area contributed by atoms with Crippen LogP contribution in [0.5, 0.6) is 0 Å². The van der Waals surface area contributed by atoms with Crippen LogP contribution in [0.15, 0.2) is 30.6 Å². The second-order valence-corrected chi connectivity index (χ2v) is 10.1. The average Bonchev–Trinajstić information content (AvgIpc) is 3.22. The summed E-state index contributed by atoms with van der Waals surface area (Å²) < 4.78 is 0. The van der Waals surface area contributed by atoms with Crippen molar-refractivity contribution in [1.82, 2.24) is 30.5 Å². The second kappa shape index (κ2) is 6.23. The highest BCUT2D eigenvalue weighted by molar-refractivity contribution is 6.31. The smallest absolute Gasteiger partial charge is 0.252 e. The van der Waals surface area contributed by atoms with E-state index in [4.69, 9.17) is 11.6 Å². The normalized spacial score (nSPS) is 31.9. The van der Waals surface area contributed by atoms with Crippen molar-refractivity contribution in [2.75, 3.05) is 0 Å². The molecule has 154 valence electrons. The maximum Gasteiger partial charge on any atom is 0.252 e. The number of halogens is 1. The summed E-state index contributed by atoms with van der Waals surface area (Å²) in [4.78, 5) is 19.9. The highest BCUT2D eigenvalue weighted by Gasteiger charge is 2.60. The Labute approximate surface area is 179 Å². The van der Waals surface area contributed by atoms with Crippen LogP contribution in [0.2, 0.25) is 5.02 Å². The van der Waals surface area contributed by atoms with Crippen LogP contribution in [0.25, 0.3) is 10.9 Å². The van der Waals surface area contributed by atoms with Crippen molar-refractivity contribution in [1.29, 1.82) is 0 Å². The number of hydrogen-bond donors (Lipinski definition) is 1. The molecule has 3 aromatic rings. The zero-order valence-corrected chi connectivity index (χ0v) is 17.6. The topological polar surface area (TPSA) is 85.6 Å². The van der Waals surface area contributed by atoms with E-state index >= 15 is 0 Å². The maximum absolute atomic E-state index is 13.6. The highest BCUT2D eigenvalue weighted by atomic mass is 35.5. The molecule has 2 unspecified atom stereocenters. The molecule has 7 nitrogen and oxygen atoms in total. The lowest BCUT2D eigenvalue weighted by molar-refractivity contribution is -0.0810. The Morgan fingerprint density at radius 1 is 1.20 bits per heavy atom. The number of aromatic nitrogens is 5. The van der Waals surface area contributed by atoms with Crippen LogP contribution in [0.3, 0.4) is 0 Å². The molecule has 0 spiro atoms. The molecule has 4 fully saturated rings. The number of aryl methyl sites for hydroxylation is 1. The summed E-state index contributed by atoms with van der Waals surface area (Å²) in [7, 11) is 0. The zero-order chi connectivity index (χ0) is 20.5. The molecule has 7 rings (SSSR count). The summed E-state index contributed by atoms with van der Waals surface area (Å²) in [5.74, 6) is 1.13. The second-order valence-electron chi connectivity index (χ2n) is 9.62. The van der Waals surface area contributed by atoms with Gasteiger partial charge in [-0.2, -0.15) is 4.80 Å². The largest absolute Gasteiger partial charge is 0.346 e. The molecule has 4 bridgehead atoms. The van der Waals surface area contributed by atoms with Crippen LogP contribution < -0.4 is 5.32 Å². The molecule has 30 heavy (non-hydrogen) atoms. The van der Waals surface area contributed by atoms with Crippen molar-refractivity contribution < 1.29 is 4.79 Å². The first-order chi connectivity index (χ1) is 14.4. The summed E-state index contributed by atoms with van der Waals surface area (Å²) in [6.07, 6.45) is 7.80. The van der Waals surface area contributed by atoms with Gasteiger partial charge in [-0.15, -0.1) is 10.2 Å². The van der Waals surface area contributed by atoms with E-state index in [9.17, 15) is 4.79 Å². The summed E-state index contributed by atoms with van der Waals surface area (Å²) in [5, 5.41) is 17.5. The van der Waals surface area contributed by atoms with Crippen LogP contribution in [-0.4, -0.2) is 36.6 Å². The summed E-state index contributed by atoms with van der Waals surface area (Å²) in [6, 6.07) is 7.38. The first-order valence-electron chi connectivity index (χ1n) is 10.6. The molecular formula is C22H23ClN6O. The van der Waals surface area contributed by atoms with Crippen molar-refractivity contribution in [3.63, 3.8) is 0 Å². The van der Waals surface area contributed by atoms with Gasteiger partial charge in [-0.1, -0.05) is 11.6 Å². The molecule has 1 N–H and O–H groups in total. The number of fused-ring (bicyclic) bond motifs is 1. The number of hydrogen-bond acceptors (Lipinski definition) is 5. The maximum atomic E-state index is 13.6. The SMILES string of the molecule is Cc1cc(C(=O)NC23CC4CC(C2)CC(n2ncnn2)(C4)C3)c2cc(Cl)ccc2n1. The lowest BCUT2D eigenvalue weighted by Gasteiger charge is -2.61. The number of benzene rings is 1. The number of pyridine rings is 1. The molecule has 2 atom stereocenters. The van der Waals surface area contributed by atoms with E-state index in [1.807, 2.05) is 36.0 Å². The summed E-state index contributed by atoms with van der Waals surface area (Å²) >= 11 is 6.23. The lowest BCUT2D eigenvalue weighted by Crippen LogP contribution is -2.66. The zero-order valence-electron chi connectivity index (χ0n) is 16.8. The predicted molar refractivity (Wildman–Crippen MR) is 112 cm³/mol.